The van der Waals surface area contributed by atoms with Crippen molar-refractivity contribution in [2.75, 3.05) is 23.3 Å². The zero-order chi connectivity index (χ0) is 27.3. The highest BCUT2D eigenvalue weighted by Gasteiger charge is 2.36. The molecule has 1 aromatic carbocycles. The summed E-state index contributed by atoms with van der Waals surface area (Å²) in [5.41, 5.74) is 4.43. The summed E-state index contributed by atoms with van der Waals surface area (Å²) in [5.74, 6) is 1.55. The van der Waals surface area contributed by atoms with Crippen molar-refractivity contribution >= 4 is 28.2 Å². The number of thiol groups is 1. The monoisotopic (exact) mass is 536 g/mol. The van der Waals surface area contributed by atoms with Gasteiger partial charge in [0, 0.05) is 42.9 Å². The molecule has 37 heavy (non-hydrogen) atoms. The van der Waals surface area contributed by atoms with Gasteiger partial charge in [-0.15, -0.1) is 0 Å². The molecular weight excluding hydrogens is 505 g/mol. The topological polar surface area (TPSA) is 114 Å². The Morgan fingerprint density at radius 2 is 1.73 bits per heavy atom. The summed E-state index contributed by atoms with van der Waals surface area (Å²) < 4.78 is 58.4. The van der Waals surface area contributed by atoms with Gasteiger partial charge in [-0.3, -0.25) is 0 Å². The van der Waals surface area contributed by atoms with E-state index >= 15 is 0 Å². The van der Waals surface area contributed by atoms with Gasteiger partial charge in [0.05, 0.1) is 11.3 Å². The van der Waals surface area contributed by atoms with Crippen LogP contribution in [0.1, 0.15) is 53.5 Å². The normalized spacial score (nSPS) is 13.6. The molecule has 0 spiro atoms. The van der Waals surface area contributed by atoms with Crippen LogP contribution in [0.15, 0.2) is 36.5 Å². The molecule has 3 N–H and O–H groups in total. The Hall–Kier alpha value is -3.25. The number of aryl methyl sites for hydroxylation is 2. The number of nitrogens with zero attached hydrogens (tertiary/aromatic N) is 4. The molecule has 8 nitrogen and oxygen atoms in total. The van der Waals surface area contributed by atoms with Gasteiger partial charge in [-0.25, -0.2) is 28.5 Å². The SMILES string of the molecule is Cc1ccc(Nc2nc(C(C)C)nc3c2CCN(c2ncccc2C(F)(F)F)CC3)cc1C.N[SH](=O)=O. The van der Waals surface area contributed by atoms with E-state index in [0.29, 0.717) is 25.9 Å². The molecule has 4 rings (SSSR count). The van der Waals surface area contributed by atoms with Crippen molar-refractivity contribution in [3.05, 3.63) is 70.3 Å². The van der Waals surface area contributed by atoms with Crippen LogP contribution in [0.25, 0.3) is 0 Å². The summed E-state index contributed by atoms with van der Waals surface area (Å²) in [5, 5.41) is 7.51. The second kappa shape index (κ2) is 11.9. The third-order valence-corrected chi connectivity index (χ3v) is 6.04. The fourth-order valence-corrected chi connectivity index (χ4v) is 4.02. The molecule has 0 saturated carbocycles. The number of nitrogens with one attached hydrogen (secondary N) is 1. The lowest BCUT2D eigenvalue weighted by molar-refractivity contribution is -0.137. The molecule has 200 valence electrons. The van der Waals surface area contributed by atoms with Crippen molar-refractivity contribution < 1.29 is 21.6 Å². The standard InChI is InChI=1S/C25H28F3N5.H3NO2S/c1-15(2)22-31-21-10-13-33(24-20(25(26,27)28)6-5-11-29-24)12-9-19(21)23(32-22)30-18-8-7-16(3)17(4)14-18;1-4(2)3/h5-8,11,14-15H,9-10,12-13H2,1-4H3,(H,30,31,32);4H,(H2,1,2,3). The van der Waals surface area contributed by atoms with Crippen molar-refractivity contribution in [1.29, 1.82) is 0 Å². The molecule has 12 heteroatoms. The Morgan fingerprint density at radius 3 is 2.35 bits per heavy atom. The number of fused-ring (bicyclic) bond motifs is 1. The van der Waals surface area contributed by atoms with Gasteiger partial charge in [0.2, 0.25) is 0 Å². The zero-order valence-corrected chi connectivity index (χ0v) is 22.0. The average molecular weight is 537 g/mol. The lowest BCUT2D eigenvalue weighted by Gasteiger charge is -2.24. The largest absolute Gasteiger partial charge is 0.419 e. The van der Waals surface area contributed by atoms with E-state index in [0.717, 1.165) is 34.7 Å². The summed E-state index contributed by atoms with van der Waals surface area (Å²) in [6.07, 6.45) is -2.00. The van der Waals surface area contributed by atoms with Gasteiger partial charge in [-0.1, -0.05) is 19.9 Å². The first-order valence-electron chi connectivity index (χ1n) is 11.8. The number of hydrogen-bond donors (Lipinski definition) is 3. The van der Waals surface area contributed by atoms with Gasteiger partial charge in [0.25, 0.3) is 0 Å². The van der Waals surface area contributed by atoms with E-state index in [4.69, 9.17) is 18.4 Å². The fourth-order valence-electron chi connectivity index (χ4n) is 4.02. The fraction of sp³-hybridized carbons (Fsp3) is 0.400. The number of alkyl halides is 3. The summed E-state index contributed by atoms with van der Waals surface area (Å²) in [6.45, 7) is 9.00. The molecule has 3 heterocycles. The highest BCUT2D eigenvalue weighted by Crippen LogP contribution is 2.36. The Kier molecular flexibility index (Phi) is 9.08. The summed E-state index contributed by atoms with van der Waals surface area (Å²) in [7, 11) is -2.62. The van der Waals surface area contributed by atoms with E-state index in [2.05, 4.69) is 41.4 Å². The number of benzene rings is 1. The van der Waals surface area contributed by atoms with Crippen molar-refractivity contribution in [1.82, 2.24) is 15.0 Å². The molecule has 0 amide bonds. The Labute approximate surface area is 216 Å². The number of halogens is 3. The molecule has 0 radical (unpaired) electrons. The maximum Gasteiger partial charge on any atom is 0.419 e. The number of pyridine rings is 1. The quantitative estimate of drug-likeness (QED) is 0.422. The molecule has 0 atom stereocenters. The molecule has 0 bridgehead atoms. The lowest BCUT2D eigenvalue weighted by Crippen LogP contribution is -2.29. The van der Waals surface area contributed by atoms with E-state index in [9.17, 15) is 13.2 Å². The number of hydrogen-bond acceptors (Lipinski definition) is 7. The molecule has 1 aliphatic heterocycles. The van der Waals surface area contributed by atoms with Crippen LogP contribution < -0.4 is 15.4 Å². The summed E-state index contributed by atoms with van der Waals surface area (Å²) >= 11 is 0. The maximum absolute atomic E-state index is 13.6. The Morgan fingerprint density at radius 1 is 1.05 bits per heavy atom. The van der Waals surface area contributed by atoms with E-state index in [-0.39, 0.29) is 11.7 Å². The van der Waals surface area contributed by atoms with Crippen LogP contribution in [0.4, 0.5) is 30.5 Å². The third kappa shape index (κ3) is 7.39. The van der Waals surface area contributed by atoms with Crippen LogP contribution in [0.5, 0.6) is 0 Å². The van der Waals surface area contributed by atoms with Gasteiger partial charge in [-0.05, 0) is 55.7 Å². The van der Waals surface area contributed by atoms with Crippen LogP contribution in [0.3, 0.4) is 0 Å². The van der Waals surface area contributed by atoms with Crippen LogP contribution in [0.2, 0.25) is 0 Å². The predicted molar refractivity (Wildman–Crippen MR) is 139 cm³/mol. The van der Waals surface area contributed by atoms with Crippen molar-refractivity contribution in [3.63, 3.8) is 0 Å². The highest BCUT2D eigenvalue weighted by molar-refractivity contribution is 7.69. The van der Waals surface area contributed by atoms with Gasteiger partial charge in [-0.2, -0.15) is 13.2 Å². The van der Waals surface area contributed by atoms with E-state index in [1.54, 1.807) is 4.90 Å². The van der Waals surface area contributed by atoms with Crippen molar-refractivity contribution in [2.45, 2.75) is 52.6 Å². The predicted octanol–water partition coefficient (Wildman–Crippen LogP) is 4.45. The minimum Gasteiger partial charge on any atom is -0.355 e. The van der Waals surface area contributed by atoms with E-state index < -0.39 is 22.6 Å². The maximum atomic E-state index is 13.6. The molecular formula is C25H31F3N6O2S. The molecule has 3 aromatic rings. The smallest absolute Gasteiger partial charge is 0.355 e. The van der Waals surface area contributed by atoms with Crippen LogP contribution in [-0.2, 0) is 29.9 Å². The van der Waals surface area contributed by atoms with E-state index in [1.807, 2.05) is 19.9 Å². The third-order valence-electron chi connectivity index (χ3n) is 6.04. The van der Waals surface area contributed by atoms with Crippen molar-refractivity contribution in [3.8, 4) is 0 Å². The van der Waals surface area contributed by atoms with Gasteiger partial charge in [0.1, 0.15) is 17.5 Å². The molecule has 1 aliphatic rings. The van der Waals surface area contributed by atoms with Crippen molar-refractivity contribution in [2.24, 2.45) is 5.14 Å². The summed E-state index contributed by atoms with van der Waals surface area (Å²) in [4.78, 5) is 15.4. The lowest BCUT2D eigenvalue weighted by atomic mass is 10.1. The van der Waals surface area contributed by atoms with Crippen LogP contribution in [0, 0.1) is 13.8 Å². The number of aromatic nitrogens is 3. The average Bonchev–Trinajstić information content (AvgIpc) is 3.03. The molecule has 0 saturated heterocycles. The zero-order valence-electron chi connectivity index (χ0n) is 21.1. The second-order valence-electron chi connectivity index (χ2n) is 9.08. The first kappa shape index (κ1) is 28.3. The van der Waals surface area contributed by atoms with E-state index in [1.165, 1.54) is 23.4 Å². The van der Waals surface area contributed by atoms with Gasteiger partial charge >= 0.3 is 6.18 Å². The molecule has 2 aromatic heterocycles. The summed E-state index contributed by atoms with van der Waals surface area (Å²) in [6, 6.07) is 8.56. The number of nitrogens with two attached hydrogens (primary N) is 1. The molecule has 0 fully saturated rings. The molecule has 0 aliphatic carbocycles. The minimum absolute atomic E-state index is 0.0292. The van der Waals surface area contributed by atoms with Gasteiger partial charge in [0.15, 0.2) is 10.9 Å². The minimum atomic E-state index is -4.45. The first-order chi connectivity index (χ1) is 17.4. The number of rotatable bonds is 4. The second-order valence-corrected chi connectivity index (χ2v) is 9.65. The molecule has 0 unspecified atom stereocenters. The Balaban J connectivity index is 0.000000886. The van der Waals surface area contributed by atoms with Crippen LogP contribution >= 0.6 is 0 Å². The van der Waals surface area contributed by atoms with Crippen LogP contribution in [-0.4, -0.2) is 36.5 Å². The first-order valence-corrected chi connectivity index (χ1v) is 13.0. The highest BCUT2D eigenvalue weighted by atomic mass is 32.2. The Bertz CT molecular complexity index is 1320. The number of anilines is 3. The van der Waals surface area contributed by atoms with Gasteiger partial charge < -0.3 is 10.2 Å².